The van der Waals surface area contributed by atoms with Crippen LogP contribution in [0.1, 0.15) is 23.0 Å². The van der Waals surface area contributed by atoms with Crippen LogP contribution in [0, 0.1) is 0 Å². The van der Waals surface area contributed by atoms with Gasteiger partial charge in [-0.2, -0.15) is 11.8 Å². The number of amides is 2. The van der Waals surface area contributed by atoms with Crippen LogP contribution >= 0.6 is 11.8 Å². The minimum atomic E-state index is -0.660. The molecule has 2 amide bonds. The quantitative estimate of drug-likeness (QED) is 0.663. The molecule has 2 aliphatic heterocycles. The number of rotatable bonds is 5. The molecule has 8 nitrogen and oxygen atoms in total. The molecule has 0 N–H and O–H groups in total. The van der Waals surface area contributed by atoms with Crippen LogP contribution < -0.4 is 15.0 Å². The maximum absolute atomic E-state index is 13.4. The van der Waals surface area contributed by atoms with E-state index in [1.807, 2.05) is 47.0 Å². The van der Waals surface area contributed by atoms with Gasteiger partial charge < -0.3 is 23.8 Å². The Bertz CT molecular complexity index is 1070. The van der Waals surface area contributed by atoms with Crippen molar-refractivity contribution in [3.63, 3.8) is 0 Å². The summed E-state index contributed by atoms with van der Waals surface area (Å²) in [7, 11) is 1.48. The van der Waals surface area contributed by atoms with Gasteiger partial charge in [0, 0.05) is 62.4 Å². The third-order valence-corrected chi connectivity index (χ3v) is 6.98. The number of hydrogen-bond acceptors (Lipinski definition) is 6. The van der Waals surface area contributed by atoms with Crippen molar-refractivity contribution in [2.45, 2.75) is 26.0 Å². The molecule has 176 valence electrons. The van der Waals surface area contributed by atoms with Gasteiger partial charge >= 0.3 is 0 Å². The molecule has 0 spiro atoms. The molecule has 1 atom stereocenters. The first-order valence-electron chi connectivity index (χ1n) is 11.2. The molecule has 0 saturated carbocycles. The summed E-state index contributed by atoms with van der Waals surface area (Å²) in [5.41, 5.74) is 0.844. The van der Waals surface area contributed by atoms with Crippen LogP contribution in [-0.2, 0) is 17.8 Å². The van der Waals surface area contributed by atoms with E-state index in [-0.39, 0.29) is 17.4 Å². The Kier molecular flexibility index (Phi) is 7.27. The summed E-state index contributed by atoms with van der Waals surface area (Å²) < 4.78 is 12.9. The Hall–Kier alpha value is -2.94. The van der Waals surface area contributed by atoms with Crippen molar-refractivity contribution in [1.82, 2.24) is 14.4 Å². The number of thioether (sulfide) groups is 1. The molecule has 0 unspecified atom stereocenters. The molecule has 4 rings (SSSR count). The molecule has 9 heteroatoms. The number of pyridine rings is 1. The first-order valence-corrected chi connectivity index (χ1v) is 12.3. The molecule has 1 saturated heterocycles. The fourth-order valence-corrected chi connectivity index (χ4v) is 5.20. The lowest BCUT2D eigenvalue weighted by atomic mass is 10.1. The summed E-state index contributed by atoms with van der Waals surface area (Å²) in [6.45, 7) is 4.15. The van der Waals surface area contributed by atoms with Gasteiger partial charge in [0.25, 0.3) is 17.4 Å². The van der Waals surface area contributed by atoms with Gasteiger partial charge in [0.2, 0.25) is 0 Å². The number of ether oxygens (including phenoxy) is 2. The average molecular weight is 472 g/mol. The van der Waals surface area contributed by atoms with Crippen molar-refractivity contribution in [2.24, 2.45) is 0 Å². The highest BCUT2D eigenvalue weighted by molar-refractivity contribution is 7.99. The molecule has 1 aromatic heterocycles. The Labute approximate surface area is 197 Å². The topological polar surface area (TPSA) is 81.1 Å². The van der Waals surface area contributed by atoms with E-state index in [4.69, 9.17) is 9.47 Å². The van der Waals surface area contributed by atoms with E-state index in [9.17, 15) is 14.4 Å². The van der Waals surface area contributed by atoms with E-state index in [1.165, 1.54) is 13.2 Å². The number of para-hydroxylation sites is 1. The molecular weight excluding hydrogens is 442 g/mol. The van der Waals surface area contributed by atoms with E-state index in [2.05, 4.69) is 0 Å². The van der Waals surface area contributed by atoms with Crippen LogP contribution in [0.15, 0.2) is 41.2 Å². The fourth-order valence-electron chi connectivity index (χ4n) is 4.30. The summed E-state index contributed by atoms with van der Waals surface area (Å²) in [6.07, 6.45) is -0.272. The second-order valence-electron chi connectivity index (χ2n) is 8.08. The van der Waals surface area contributed by atoms with Gasteiger partial charge in [-0.05, 0) is 19.1 Å². The van der Waals surface area contributed by atoms with E-state index in [0.29, 0.717) is 61.9 Å². The summed E-state index contributed by atoms with van der Waals surface area (Å²) in [5.74, 6) is 2.46. The molecule has 3 heterocycles. The van der Waals surface area contributed by atoms with E-state index < -0.39 is 6.10 Å². The second kappa shape index (κ2) is 10.3. The van der Waals surface area contributed by atoms with E-state index >= 15 is 0 Å². The maximum atomic E-state index is 13.4. The Balaban J connectivity index is 1.57. The van der Waals surface area contributed by atoms with Crippen molar-refractivity contribution in [3.05, 3.63) is 58.0 Å². The zero-order chi connectivity index (χ0) is 23.4. The highest BCUT2D eigenvalue weighted by atomic mass is 32.2. The molecule has 1 fully saturated rings. The maximum Gasteiger partial charge on any atom is 0.263 e. The third kappa shape index (κ3) is 5.03. The Morgan fingerprint density at radius 1 is 1.00 bits per heavy atom. The molecule has 2 aromatic rings. The van der Waals surface area contributed by atoms with Gasteiger partial charge in [-0.15, -0.1) is 0 Å². The van der Waals surface area contributed by atoms with Crippen LogP contribution in [0.25, 0.3) is 0 Å². The molecule has 2 aliphatic rings. The molecule has 0 radical (unpaired) electrons. The zero-order valence-electron chi connectivity index (χ0n) is 19.0. The van der Waals surface area contributed by atoms with Crippen molar-refractivity contribution >= 4 is 23.6 Å². The lowest BCUT2D eigenvalue weighted by molar-refractivity contribution is -0.137. The van der Waals surface area contributed by atoms with Crippen molar-refractivity contribution in [3.8, 4) is 11.5 Å². The van der Waals surface area contributed by atoms with E-state index in [0.717, 1.165) is 11.5 Å². The molecule has 0 aliphatic carbocycles. The highest BCUT2D eigenvalue weighted by Gasteiger charge is 2.31. The first kappa shape index (κ1) is 23.2. The minimum Gasteiger partial charge on any atom is -0.496 e. The monoisotopic (exact) mass is 471 g/mol. The number of carbonyl (C=O) groups excluding carboxylic acids is 2. The number of carbonyl (C=O) groups is 2. The normalized spacial score (nSPS) is 17.0. The standard InChI is InChI=1S/C24H29N3O5S/c1-17(32-18-6-4-3-5-7-18)23(29)25-9-8-19-22(24(30)26-12-14-33-15-13-26)20(31-2)16-21(28)27(19)11-10-25/h3-7,16-17H,8-15H2,1-2H3/t17-/m1/s1. The molecule has 1 aromatic carbocycles. The number of aromatic nitrogens is 1. The van der Waals surface area contributed by atoms with Crippen LogP contribution in [-0.4, -0.2) is 77.1 Å². The number of fused-ring (bicyclic) bond motifs is 1. The fraction of sp³-hybridized carbons (Fsp3) is 0.458. The summed E-state index contributed by atoms with van der Waals surface area (Å²) >= 11 is 1.83. The van der Waals surface area contributed by atoms with Crippen molar-refractivity contribution in [1.29, 1.82) is 0 Å². The van der Waals surface area contributed by atoms with Crippen LogP contribution in [0.4, 0.5) is 0 Å². The first-order chi connectivity index (χ1) is 16.0. The lowest BCUT2D eigenvalue weighted by Crippen LogP contribution is -2.42. The largest absolute Gasteiger partial charge is 0.496 e. The smallest absolute Gasteiger partial charge is 0.263 e. The predicted octanol–water partition coefficient (Wildman–Crippen LogP) is 1.90. The van der Waals surface area contributed by atoms with Crippen molar-refractivity contribution in [2.75, 3.05) is 44.8 Å². The molecular formula is C24H29N3O5S. The van der Waals surface area contributed by atoms with Crippen LogP contribution in [0.3, 0.4) is 0 Å². The minimum absolute atomic E-state index is 0.114. The van der Waals surface area contributed by atoms with Crippen LogP contribution in [0.2, 0.25) is 0 Å². The Morgan fingerprint density at radius 3 is 2.42 bits per heavy atom. The third-order valence-electron chi connectivity index (χ3n) is 6.04. The van der Waals surface area contributed by atoms with Gasteiger partial charge in [-0.1, -0.05) is 18.2 Å². The van der Waals surface area contributed by atoms with Gasteiger partial charge in [-0.25, -0.2) is 0 Å². The SMILES string of the molecule is COc1cc(=O)n2c(c1C(=O)N1CCSCC1)CCN(C(=O)[C@@H](C)Oc1ccccc1)CC2. The predicted molar refractivity (Wildman–Crippen MR) is 127 cm³/mol. The summed E-state index contributed by atoms with van der Waals surface area (Å²) in [4.78, 5) is 42.9. The van der Waals surface area contributed by atoms with Gasteiger partial charge in [-0.3, -0.25) is 14.4 Å². The van der Waals surface area contributed by atoms with E-state index in [1.54, 1.807) is 16.4 Å². The number of nitrogens with zero attached hydrogens (tertiary/aromatic N) is 3. The Morgan fingerprint density at radius 2 is 1.73 bits per heavy atom. The van der Waals surface area contributed by atoms with Gasteiger partial charge in [0.1, 0.15) is 17.1 Å². The van der Waals surface area contributed by atoms with Crippen LogP contribution in [0.5, 0.6) is 11.5 Å². The second-order valence-corrected chi connectivity index (χ2v) is 9.30. The number of hydrogen-bond donors (Lipinski definition) is 0. The van der Waals surface area contributed by atoms with Gasteiger partial charge in [0.05, 0.1) is 7.11 Å². The lowest BCUT2D eigenvalue weighted by Gasteiger charge is -2.28. The molecule has 33 heavy (non-hydrogen) atoms. The van der Waals surface area contributed by atoms with Crippen molar-refractivity contribution < 1.29 is 19.1 Å². The summed E-state index contributed by atoms with van der Waals surface area (Å²) in [6, 6.07) is 10.6. The zero-order valence-corrected chi connectivity index (χ0v) is 19.8. The van der Waals surface area contributed by atoms with Gasteiger partial charge in [0.15, 0.2) is 6.10 Å². The number of benzene rings is 1. The summed E-state index contributed by atoms with van der Waals surface area (Å²) in [5, 5.41) is 0. The highest BCUT2D eigenvalue weighted by Crippen LogP contribution is 2.26. The number of methoxy groups -OCH3 is 1. The molecule has 0 bridgehead atoms. The average Bonchev–Trinajstić information content (AvgIpc) is 3.08.